The number of carbonyl (C=O) groups is 2. The minimum absolute atomic E-state index is 0.215. The molecule has 0 aliphatic rings. The van der Waals surface area contributed by atoms with E-state index < -0.39 is 18.9 Å². The van der Waals surface area contributed by atoms with Gasteiger partial charge in [-0.3, -0.25) is 19.6 Å². The molecule has 0 radical (unpaired) electrons. The number of hydrogen-bond acceptors (Lipinski definition) is 12. The average Bonchev–Trinajstić information content (AvgIpc) is 3.33. The zero-order valence-electron chi connectivity index (χ0n) is 33.5. The van der Waals surface area contributed by atoms with E-state index in [-0.39, 0.29) is 11.4 Å². The second kappa shape index (κ2) is 21.8. The van der Waals surface area contributed by atoms with E-state index >= 15 is 0 Å². The zero-order valence-corrected chi connectivity index (χ0v) is 35.1. The number of pyridine rings is 4. The SMILES string of the molecule is N#Cc1ccc(Oc2ccc(-c3cccc(C(N)=O)n3)cc2)c(-c2ccncc2)c1.N#Cc1ccc(Oc2ccc(-c3cccc(C(N)=O)n3)cc2)c(Br)c1.OB(O)c1ccncc1. The Kier molecular flexibility index (Phi) is 15.3. The molecule has 2 amide bonds. The summed E-state index contributed by atoms with van der Waals surface area (Å²) in [6.45, 7) is 0. The molecule has 14 nitrogen and oxygen atoms in total. The normalized spacial score (nSPS) is 10.0. The standard InChI is InChI=1S/C24H16N4O2.C19H12BrN3O2.C5H6BNO2/c25-15-16-4-9-23(20(14-16)17-10-12-27-13-11-17)30-19-7-5-18(6-8-19)21-2-1-3-22(28-21)24(26)29;20-15-10-12(11-21)4-9-18(15)25-14-7-5-13(6-8-14)16-2-1-3-17(23-16)19(22)24;8-6(9)5-1-3-7-4-2-5/h1-14H,(H2,26,29);1-10H,(H2,22,24);1-4,8-9H. The molecule has 8 rings (SSSR count). The van der Waals surface area contributed by atoms with Crippen LogP contribution in [0.25, 0.3) is 33.6 Å². The van der Waals surface area contributed by atoms with Crippen LogP contribution in [0.15, 0.2) is 175 Å². The van der Waals surface area contributed by atoms with Crippen molar-refractivity contribution in [1.82, 2.24) is 19.9 Å². The third kappa shape index (κ3) is 12.3. The molecule has 312 valence electrons. The van der Waals surface area contributed by atoms with Gasteiger partial charge in [-0.2, -0.15) is 10.5 Å². The molecule has 16 heteroatoms. The highest BCUT2D eigenvalue weighted by Crippen LogP contribution is 2.35. The maximum absolute atomic E-state index is 11.4. The maximum atomic E-state index is 11.4. The fourth-order valence-electron chi connectivity index (χ4n) is 5.74. The minimum Gasteiger partial charge on any atom is -0.457 e. The van der Waals surface area contributed by atoms with Crippen LogP contribution in [0.2, 0.25) is 0 Å². The van der Waals surface area contributed by atoms with Crippen LogP contribution < -0.4 is 26.4 Å². The van der Waals surface area contributed by atoms with Crippen LogP contribution in [0.5, 0.6) is 23.0 Å². The van der Waals surface area contributed by atoms with Crippen molar-refractivity contribution in [2.45, 2.75) is 0 Å². The molecule has 6 N–H and O–H groups in total. The molecule has 8 aromatic rings. The molecule has 0 saturated heterocycles. The highest BCUT2D eigenvalue weighted by atomic mass is 79.9. The first kappa shape index (κ1) is 45.0. The quantitative estimate of drug-likeness (QED) is 0.0969. The molecule has 4 heterocycles. The van der Waals surface area contributed by atoms with E-state index in [1.165, 1.54) is 12.4 Å². The monoisotopic (exact) mass is 908 g/mol. The number of nitrogens with zero attached hydrogens (tertiary/aromatic N) is 6. The van der Waals surface area contributed by atoms with Gasteiger partial charge in [0.05, 0.1) is 39.1 Å². The molecule has 4 aromatic heterocycles. The summed E-state index contributed by atoms with van der Waals surface area (Å²) in [4.78, 5) is 38.8. The van der Waals surface area contributed by atoms with Crippen molar-refractivity contribution < 1.29 is 29.1 Å². The lowest BCUT2D eigenvalue weighted by atomic mass is 9.81. The van der Waals surface area contributed by atoms with Crippen LogP contribution in [0.4, 0.5) is 0 Å². The Bertz CT molecular complexity index is 2970. The average molecular weight is 910 g/mol. The number of hydrogen-bond donors (Lipinski definition) is 4. The van der Waals surface area contributed by atoms with E-state index in [0.717, 1.165) is 22.3 Å². The van der Waals surface area contributed by atoms with Gasteiger partial charge in [0.15, 0.2) is 0 Å². The molecule has 4 aromatic carbocycles. The fourth-order valence-corrected chi connectivity index (χ4v) is 6.20. The Hall–Kier alpha value is -8.54. The third-order valence-corrected chi connectivity index (χ3v) is 9.54. The van der Waals surface area contributed by atoms with Gasteiger partial charge in [0, 0.05) is 41.5 Å². The molecule has 0 unspecified atom stereocenters. The molecular weight excluding hydrogens is 875 g/mol. The molecule has 64 heavy (non-hydrogen) atoms. The Morgan fingerprint density at radius 2 is 1.02 bits per heavy atom. The van der Waals surface area contributed by atoms with Crippen molar-refractivity contribution in [3.63, 3.8) is 0 Å². The van der Waals surface area contributed by atoms with E-state index in [1.807, 2.05) is 54.6 Å². The van der Waals surface area contributed by atoms with Crippen molar-refractivity contribution in [2.75, 3.05) is 0 Å². The number of halogens is 1. The van der Waals surface area contributed by atoms with E-state index in [2.05, 4.69) is 48.0 Å². The van der Waals surface area contributed by atoms with Crippen molar-refractivity contribution in [1.29, 1.82) is 10.5 Å². The topological polar surface area (TPSA) is 244 Å². The molecule has 0 aliphatic carbocycles. The van der Waals surface area contributed by atoms with Crippen LogP contribution in [0, 0.1) is 22.7 Å². The van der Waals surface area contributed by atoms with Gasteiger partial charge < -0.3 is 31.0 Å². The second-order valence-electron chi connectivity index (χ2n) is 13.3. The van der Waals surface area contributed by atoms with E-state index in [4.69, 9.17) is 36.3 Å². The van der Waals surface area contributed by atoms with Crippen LogP contribution >= 0.6 is 15.9 Å². The molecule has 0 fully saturated rings. The molecule has 0 atom stereocenters. The first-order chi connectivity index (χ1) is 31.0. The van der Waals surface area contributed by atoms with Crippen molar-refractivity contribution in [3.8, 4) is 68.8 Å². The Morgan fingerprint density at radius 3 is 1.45 bits per heavy atom. The van der Waals surface area contributed by atoms with Gasteiger partial charge in [-0.15, -0.1) is 0 Å². The predicted molar refractivity (Wildman–Crippen MR) is 244 cm³/mol. The maximum Gasteiger partial charge on any atom is 0.488 e. The summed E-state index contributed by atoms with van der Waals surface area (Å²) in [5.41, 5.74) is 17.2. The predicted octanol–water partition coefficient (Wildman–Crippen LogP) is 7.61. The van der Waals surface area contributed by atoms with Gasteiger partial charge in [-0.05, 0) is 160 Å². The summed E-state index contributed by atoms with van der Waals surface area (Å²) < 4.78 is 12.6. The van der Waals surface area contributed by atoms with Crippen LogP contribution in [0.1, 0.15) is 32.1 Å². The summed E-state index contributed by atoms with van der Waals surface area (Å²) in [6, 6.07) is 46.4. The Morgan fingerprint density at radius 1 is 0.562 bits per heavy atom. The highest BCUT2D eigenvalue weighted by Gasteiger charge is 2.12. The molecule has 0 saturated carbocycles. The number of aromatic nitrogens is 4. The van der Waals surface area contributed by atoms with Crippen molar-refractivity contribution in [3.05, 3.63) is 197 Å². The van der Waals surface area contributed by atoms with Gasteiger partial charge in [-0.1, -0.05) is 12.1 Å². The van der Waals surface area contributed by atoms with Crippen molar-refractivity contribution in [2.24, 2.45) is 11.5 Å². The smallest absolute Gasteiger partial charge is 0.457 e. The lowest BCUT2D eigenvalue weighted by molar-refractivity contribution is 0.0987. The number of rotatable bonds is 10. The number of carbonyl (C=O) groups excluding carboxylic acids is 2. The lowest BCUT2D eigenvalue weighted by Gasteiger charge is -2.12. The molecule has 0 bridgehead atoms. The molecule has 0 spiro atoms. The number of primary amides is 2. The summed E-state index contributed by atoms with van der Waals surface area (Å²) in [5, 5.41) is 35.2. The zero-order chi connectivity index (χ0) is 45.4. The van der Waals surface area contributed by atoms with Crippen LogP contribution in [-0.4, -0.2) is 48.9 Å². The van der Waals surface area contributed by atoms with Crippen molar-refractivity contribution >= 4 is 40.3 Å². The molecular formula is C48H34BBrN8O6. The van der Waals surface area contributed by atoms with Gasteiger partial charge in [-0.25, -0.2) is 9.97 Å². The number of nitriles is 2. The third-order valence-electron chi connectivity index (χ3n) is 8.92. The van der Waals surface area contributed by atoms with Gasteiger partial charge in [0.2, 0.25) is 0 Å². The number of nitrogens with two attached hydrogens (primary N) is 2. The van der Waals surface area contributed by atoms with Gasteiger partial charge in [0.1, 0.15) is 34.4 Å². The lowest BCUT2D eigenvalue weighted by Crippen LogP contribution is -2.29. The van der Waals surface area contributed by atoms with Gasteiger partial charge in [0.25, 0.3) is 11.8 Å². The first-order valence-corrected chi connectivity index (χ1v) is 19.8. The van der Waals surface area contributed by atoms with E-state index in [0.29, 0.717) is 55.4 Å². The first-order valence-electron chi connectivity index (χ1n) is 19.0. The van der Waals surface area contributed by atoms with Crippen LogP contribution in [-0.2, 0) is 0 Å². The highest BCUT2D eigenvalue weighted by molar-refractivity contribution is 9.10. The Labute approximate surface area is 376 Å². The van der Waals surface area contributed by atoms with E-state index in [1.54, 1.807) is 103 Å². The minimum atomic E-state index is -1.38. The number of amides is 2. The summed E-state index contributed by atoms with van der Waals surface area (Å²) in [7, 11) is -1.38. The van der Waals surface area contributed by atoms with Crippen LogP contribution in [0.3, 0.4) is 0 Å². The summed E-state index contributed by atoms with van der Waals surface area (Å²) in [5.74, 6) is 1.38. The fraction of sp³-hybridized carbons (Fsp3) is 0. The molecule has 0 aliphatic heterocycles. The largest absolute Gasteiger partial charge is 0.488 e. The second-order valence-corrected chi connectivity index (χ2v) is 14.1. The summed E-state index contributed by atoms with van der Waals surface area (Å²) >= 11 is 3.39. The van der Waals surface area contributed by atoms with E-state index in [9.17, 15) is 14.9 Å². The number of benzene rings is 4. The van der Waals surface area contributed by atoms with Gasteiger partial charge >= 0.3 is 7.12 Å². The summed E-state index contributed by atoms with van der Waals surface area (Å²) in [6.07, 6.45) is 6.41. The Balaban J connectivity index is 0.000000180. The number of ether oxygens (including phenoxy) is 2.